The summed E-state index contributed by atoms with van der Waals surface area (Å²) in [4.78, 5) is 13.4. The van der Waals surface area contributed by atoms with E-state index in [4.69, 9.17) is 10.00 Å². The summed E-state index contributed by atoms with van der Waals surface area (Å²) in [5.74, 6) is -0.821. The standard InChI is InChI=1S/C18H22F2N2O3/c1-17(2,3)25-16(24)22-8-6-18(20,7-9-22)15(23)13-5-4-12(11-21)10-14(13)19/h4-5,10,15,23H,6-9H2,1-3H3. The molecule has 7 heteroatoms. The van der Waals surface area contributed by atoms with Gasteiger partial charge in [-0.3, -0.25) is 0 Å². The topological polar surface area (TPSA) is 73.6 Å². The highest BCUT2D eigenvalue weighted by atomic mass is 19.1. The Labute approximate surface area is 145 Å². The summed E-state index contributed by atoms with van der Waals surface area (Å²) in [6, 6.07) is 5.31. The summed E-state index contributed by atoms with van der Waals surface area (Å²) >= 11 is 0. The number of hydrogen-bond acceptors (Lipinski definition) is 4. The zero-order valence-corrected chi connectivity index (χ0v) is 14.6. The molecule has 0 bridgehead atoms. The van der Waals surface area contributed by atoms with Crippen molar-refractivity contribution in [2.75, 3.05) is 13.1 Å². The van der Waals surface area contributed by atoms with Gasteiger partial charge >= 0.3 is 6.09 Å². The Morgan fingerprint density at radius 1 is 1.40 bits per heavy atom. The molecule has 0 aliphatic carbocycles. The maximum atomic E-state index is 15.1. The van der Waals surface area contributed by atoms with Crippen molar-refractivity contribution in [3.8, 4) is 6.07 Å². The first-order chi connectivity index (χ1) is 11.6. The summed E-state index contributed by atoms with van der Waals surface area (Å²) in [7, 11) is 0. The predicted molar refractivity (Wildman–Crippen MR) is 87.0 cm³/mol. The maximum Gasteiger partial charge on any atom is 0.410 e. The third kappa shape index (κ3) is 4.45. The SMILES string of the molecule is CC(C)(C)OC(=O)N1CCC(F)(C(O)c2ccc(C#N)cc2F)CC1. The lowest BCUT2D eigenvalue weighted by molar-refractivity contribution is -0.0573. The van der Waals surface area contributed by atoms with Crippen LogP contribution in [0.25, 0.3) is 0 Å². The first kappa shape index (κ1) is 19.1. The molecule has 1 unspecified atom stereocenters. The average Bonchev–Trinajstić information content (AvgIpc) is 2.53. The van der Waals surface area contributed by atoms with E-state index < -0.39 is 29.3 Å². The number of hydrogen-bond donors (Lipinski definition) is 1. The van der Waals surface area contributed by atoms with Gasteiger partial charge in [-0.15, -0.1) is 0 Å². The Balaban J connectivity index is 2.07. The molecule has 5 nitrogen and oxygen atoms in total. The molecular weight excluding hydrogens is 330 g/mol. The third-order valence-electron chi connectivity index (χ3n) is 4.16. The predicted octanol–water partition coefficient (Wildman–Crippen LogP) is 3.47. The number of benzene rings is 1. The number of alkyl halides is 1. The molecule has 1 aromatic carbocycles. The van der Waals surface area contributed by atoms with Crippen molar-refractivity contribution in [2.45, 2.75) is 51.0 Å². The van der Waals surface area contributed by atoms with E-state index in [9.17, 15) is 14.3 Å². The molecule has 0 aromatic heterocycles. The molecule has 0 radical (unpaired) electrons. The third-order valence-corrected chi connectivity index (χ3v) is 4.16. The fourth-order valence-electron chi connectivity index (χ4n) is 2.76. The molecule has 1 amide bonds. The summed E-state index contributed by atoms with van der Waals surface area (Å²) in [6.45, 7) is 5.37. The lowest BCUT2D eigenvalue weighted by Crippen LogP contribution is -2.48. The van der Waals surface area contributed by atoms with Gasteiger partial charge in [0, 0.05) is 31.5 Å². The van der Waals surface area contributed by atoms with Crippen molar-refractivity contribution in [1.82, 2.24) is 4.90 Å². The van der Waals surface area contributed by atoms with Crippen LogP contribution in [0.3, 0.4) is 0 Å². The molecule has 25 heavy (non-hydrogen) atoms. The van der Waals surface area contributed by atoms with E-state index in [2.05, 4.69) is 0 Å². The molecule has 0 spiro atoms. The monoisotopic (exact) mass is 352 g/mol. The van der Waals surface area contributed by atoms with Crippen LogP contribution in [0.2, 0.25) is 0 Å². The quantitative estimate of drug-likeness (QED) is 0.884. The number of aliphatic hydroxyl groups excluding tert-OH is 1. The van der Waals surface area contributed by atoms with E-state index in [-0.39, 0.29) is 37.1 Å². The number of carbonyl (C=O) groups excluding carboxylic acids is 1. The molecule has 1 aromatic rings. The zero-order chi connectivity index (χ0) is 18.8. The van der Waals surface area contributed by atoms with Crippen molar-refractivity contribution >= 4 is 6.09 Å². The molecule has 1 aliphatic rings. The van der Waals surface area contributed by atoms with Gasteiger partial charge in [-0.2, -0.15) is 5.26 Å². The van der Waals surface area contributed by atoms with Gasteiger partial charge in [0.25, 0.3) is 0 Å². The highest BCUT2D eigenvalue weighted by Crippen LogP contribution is 2.39. The number of rotatable bonds is 2. The summed E-state index contributed by atoms with van der Waals surface area (Å²) in [5, 5.41) is 19.1. The van der Waals surface area contributed by atoms with Crippen molar-refractivity contribution in [3.63, 3.8) is 0 Å². The van der Waals surface area contributed by atoms with E-state index >= 15 is 4.39 Å². The van der Waals surface area contributed by atoms with Gasteiger partial charge in [-0.05, 0) is 32.9 Å². The van der Waals surface area contributed by atoms with E-state index in [1.54, 1.807) is 26.8 Å². The Morgan fingerprint density at radius 2 is 2.00 bits per heavy atom. The second-order valence-electron chi connectivity index (χ2n) is 7.25. The first-order valence-electron chi connectivity index (χ1n) is 8.10. The lowest BCUT2D eigenvalue weighted by Gasteiger charge is -2.39. The molecule has 1 saturated heterocycles. The molecule has 1 N–H and O–H groups in total. The van der Waals surface area contributed by atoms with Gasteiger partial charge in [0.05, 0.1) is 11.6 Å². The molecule has 1 fully saturated rings. The zero-order valence-electron chi connectivity index (χ0n) is 14.6. The molecule has 1 heterocycles. The van der Waals surface area contributed by atoms with Crippen LogP contribution in [-0.4, -0.2) is 40.5 Å². The van der Waals surface area contributed by atoms with Crippen molar-refractivity contribution in [3.05, 3.63) is 35.1 Å². The molecular formula is C18H22F2N2O3. The summed E-state index contributed by atoms with van der Waals surface area (Å²) in [6.07, 6.45) is -2.46. The van der Waals surface area contributed by atoms with E-state index in [0.717, 1.165) is 6.07 Å². The van der Waals surface area contributed by atoms with Crippen LogP contribution in [0.5, 0.6) is 0 Å². The maximum absolute atomic E-state index is 15.1. The second kappa shape index (κ2) is 6.96. The molecule has 136 valence electrons. The Morgan fingerprint density at radius 3 is 2.48 bits per heavy atom. The van der Waals surface area contributed by atoms with Crippen LogP contribution < -0.4 is 0 Å². The minimum atomic E-state index is -2.05. The van der Waals surface area contributed by atoms with E-state index in [0.29, 0.717) is 0 Å². The Bertz CT molecular complexity index is 687. The number of piperidine rings is 1. The molecule has 1 atom stereocenters. The number of nitrogens with zero attached hydrogens (tertiary/aromatic N) is 2. The fraction of sp³-hybridized carbons (Fsp3) is 0.556. The average molecular weight is 352 g/mol. The Hall–Kier alpha value is -2.20. The van der Waals surface area contributed by atoms with Crippen molar-refractivity contribution in [2.24, 2.45) is 0 Å². The van der Waals surface area contributed by atoms with E-state index in [1.807, 2.05) is 0 Å². The van der Waals surface area contributed by atoms with Crippen LogP contribution in [0, 0.1) is 17.1 Å². The van der Waals surface area contributed by atoms with Crippen LogP contribution in [0.1, 0.15) is 50.8 Å². The lowest BCUT2D eigenvalue weighted by atomic mass is 9.84. The van der Waals surface area contributed by atoms with Gasteiger partial charge in [0.2, 0.25) is 0 Å². The number of aliphatic hydroxyl groups is 1. The van der Waals surface area contributed by atoms with Crippen LogP contribution in [-0.2, 0) is 4.74 Å². The smallest absolute Gasteiger partial charge is 0.410 e. The summed E-state index contributed by atoms with van der Waals surface area (Å²) < 4.78 is 34.4. The van der Waals surface area contributed by atoms with Crippen LogP contribution in [0.4, 0.5) is 13.6 Å². The van der Waals surface area contributed by atoms with Crippen LogP contribution in [0.15, 0.2) is 18.2 Å². The number of likely N-dealkylation sites (tertiary alicyclic amines) is 1. The van der Waals surface area contributed by atoms with Gasteiger partial charge in [-0.1, -0.05) is 6.07 Å². The number of nitriles is 1. The highest BCUT2D eigenvalue weighted by molar-refractivity contribution is 5.68. The van der Waals surface area contributed by atoms with Gasteiger partial charge in [0.15, 0.2) is 0 Å². The largest absolute Gasteiger partial charge is 0.444 e. The first-order valence-corrected chi connectivity index (χ1v) is 8.10. The minimum Gasteiger partial charge on any atom is -0.444 e. The Kier molecular flexibility index (Phi) is 5.33. The molecule has 0 saturated carbocycles. The van der Waals surface area contributed by atoms with Crippen molar-refractivity contribution in [1.29, 1.82) is 5.26 Å². The molecule has 1 aliphatic heterocycles. The highest BCUT2D eigenvalue weighted by Gasteiger charge is 2.44. The van der Waals surface area contributed by atoms with Crippen molar-refractivity contribution < 1.29 is 23.4 Å². The number of carbonyl (C=O) groups is 1. The van der Waals surface area contributed by atoms with Gasteiger partial charge < -0.3 is 14.7 Å². The minimum absolute atomic E-state index is 0.0698. The second-order valence-corrected chi connectivity index (χ2v) is 7.25. The van der Waals surface area contributed by atoms with Gasteiger partial charge in [-0.25, -0.2) is 13.6 Å². The van der Waals surface area contributed by atoms with E-state index in [1.165, 1.54) is 17.0 Å². The number of ether oxygens (including phenoxy) is 1. The summed E-state index contributed by atoms with van der Waals surface area (Å²) in [5.41, 5.74) is -2.78. The molecule has 2 rings (SSSR count). The fourth-order valence-corrected chi connectivity index (χ4v) is 2.76. The van der Waals surface area contributed by atoms with Crippen LogP contribution >= 0.6 is 0 Å². The van der Waals surface area contributed by atoms with Gasteiger partial charge in [0.1, 0.15) is 23.2 Å². The number of amides is 1. The normalized spacial score (nSPS) is 18.4. The number of halogens is 2.